The van der Waals surface area contributed by atoms with Crippen molar-refractivity contribution in [2.45, 2.75) is 32.6 Å². The number of nitriles is 1. The molecule has 2 N–H and O–H groups in total. The SMILES string of the molecule is COc1ccc(N2C(N)=C(C#N)[C@@H](c3ccc4c(c3)OCO4)C3=C2CC(C)(C)CC3=O)cc1. The van der Waals surface area contributed by atoms with Crippen molar-refractivity contribution in [1.29, 1.82) is 5.26 Å². The smallest absolute Gasteiger partial charge is 0.231 e. The number of rotatable bonds is 3. The molecule has 1 atom stereocenters. The molecule has 0 spiro atoms. The van der Waals surface area contributed by atoms with Crippen LogP contribution in [-0.2, 0) is 4.79 Å². The molecule has 0 saturated carbocycles. The first-order valence-electron chi connectivity index (χ1n) is 10.8. The predicted octanol–water partition coefficient (Wildman–Crippen LogP) is 4.36. The summed E-state index contributed by atoms with van der Waals surface area (Å²) >= 11 is 0. The summed E-state index contributed by atoms with van der Waals surface area (Å²) < 4.78 is 16.3. The lowest BCUT2D eigenvalue weighted by atomic mass is 9.68. The fourth-order valence-electron chi connectivity index (χ4n) is 4.96. The Morgan fingerprint density at radius 3 is 2.55 bits per heavy atom. The second-order valence-electron chi connectivity index (χ2n) is 9.29. The van der Waals surface area contributed by atoms with Gasteiger partial charge in [0.2, 0.25) is 6.79 Å². The van der Waals surface area contributed by atoms with Crippen molar-refractivity contribution in [1.82, 2.24) is 0 Å². The maximum Gasteiger partial charge on any atom is 0.231 e. The lowest BCUT2D eigenvalue weighted by Gasteiger charge is -2.43. The van der Waals surface area contributed by atoms with E-state index in [0.29, 0.717) is 47.1 Å². The maximum atomic E-state index is 13.6. The zero-order chi connectivity index (χ0) is 23.3. The summed E-state index contributed by atoms with van der Waals surface area (Å²) in [5.74, 6) is 1.77. The number of ketones is 1. The van der Waals surface area contributed by atoms with Gasteiger partial charge in [-0.3, -0.25) is 9.69 Å². The molecular weight excluding hydrogens is 418 g/mol. The Morgan fingerprint density at radius 2 is 1.85 bits per heavy atom. The van der Waals surface area contributed by atoms with Crippen LogP contribution in [0.4, 0.5) is 5.69 Å². The highest BCUT2D eigenvalue weighted by molar-refractivity contribution is 6.01. The van der Waals surface area contributed by atoms with Gasteiger partial charge in [0.05, 0.1) is 24.7 Å². The quantitative estimate of drug-likeness (QED) is 0.752. The number of carbonyl (C=O) groups is 1. The van der Waals surface area contributed by atoms with E-state index in [0.717, 1.165) is 16.9 Å². The van der Waals surface area contributed by atoms with E-state index in [1.807, 2.05) is 47.4 Å². The van der Waals surface area contributed by atoms with E-state index in [-0.39, 0.29) is 18.0 Å². The number of nitrogens with zero attached hydrogens (tertiary/aromatic N) is 2. The highest BCUT2D eigenvalue weighted by atomic mass is 16.7. The number of methoxy groups -OCH3 is 1. The van der Waals surface area contributed by atoms with E-state index in [9.17, 15) is 10.1 Å². The van der Waals surface area contributed by atoms with Gasteiger partial charge in [0, 0.05) is 23.4 Å². The number of fused-ring (bicyclic) bond motifs is 1. The molecule has 0 unspecified atom stereocenters. The average Bonchev–Trinajstić information content (AvgIpc) is 3.25. The van der Waals surface area contributed by atoms with Gasteiger partial charge in [-0.1, -0.05) is 19.9 Å². The number of allylic oxidation sites excluding steroid dienone is 3. The highest BCUT2D eigenvalue weighted by Crippen LogP contribution is 2.51. The Kier molecular flexibility index (Phi) is 4.82. The van der Waals surface area contributed by atoms with Crippen LogP contribution in [0.2, 0.25) is 0 Å². The summed E-state index contributed by atoms with van der Waals surface area (Å²) in [6, 6.07) is 15.3. The number of Topliss-reactive ketones (excluding diaryl/α,β-unsaturated/α-hetero) is 1. The van der Waals surface area contributed by atoms with Crippen molar-refractivity contribution in [2.75, 3.05) is 18.8 Å². The van der Waals surface area contributed by atoms with Crippen LogP contribution in [0.1, 0.15) is 38.2 Å². The molecule has 0 radical (unpaired) electrons. The van der Waals surface area contributed by atoms with Gasteiger partial charge in [-0.15, -0.1) is 0 Å². The molecule has 0 amide bonds. The number of hydrogen-bond acceptors (Lipinski definition) is 7. The maximum absolute atomic E-state index is 13.6. The molecule has 168 valence electrons. The van der Waals surface area contributed by atoms with E-state index in [1.54, 1.807) is 7.11 Å². The molecule has 33 heavy (non-hydrogen) atoms. The van der Waals surface area contributed by atoms with Crippen LogP contribution in [0.25, 0.3) is 0 Å². The Labute approximate surface area is 192 Å². The van der Waals surface area contributed by atoms with Crippen molar-refractivity contribution in [3.05, 3.63) is 70.7 Å². The van der Waals surface area contributed by atoms with Gasteiger partial charge >= 0.3 is 0 Å². The minimum Gasteiger partial charge on any atom is -0.497 e. The Balaban J connectivity index is 1.72. The topological polar surface area (TPSA) is 97.8 Å². The van der Waals surface area contributed by atoms with Crippen molar-refractivity contribution >= 4 is 11.5 Å². The van der Waals surface area contributed by atoms with Crippen LogP contribution >= 0.6 is 0 Å². The zero-order valence-corrected chi connectivity index (χ0v) is 18.8. The van der Waals surface area contributed by atoms with Gasteiger partial charge in [-0.2, -0.15) is 5.26 Å². The van der Waals surface area contributed by atoms with Crippen LogP contribution in [0.3, 0.4) is 0 Å². The third kappa shape index (κ3) is 3.39. The van der Waals surface area contributed by atoms with Crippen molar-refractivity contribution in [2.24, 2.45) is 11.1 Å². The number of anilines is 1. The fraction of sp³-hybridized carbons (Fsp3) is 0.308. The molecule has 0 aromatic heterocycles. The molecule has 7 heteroatoms. The van der Waals surface area contributed by atoms with Gasteiger partial charge < -0.3 is 19.9 Å². The van der Waals surface area contributed by atoms with E-state index < -0.39 is 5.92 Å². The molecule has 3 aliphatic rings. The van der Waals surface area contributed by atoms with Crippen LogP contribution in [-0.4, -0.2) is 19.7 Å². The number of hydrogen-bond donors (Lipinski definition) is 1. The number of carbonyl (C=O) groups excluding carboxylic acids is 1. The van der Waals surface area contributed by atoms with Crippen LogP contribution < -0.4 is 24.8 Å². The molecule has 2 heterocycles. The first-order chi connectivity index (χ1) is 15.8. The normalized spacial score (nSPS) is 21.1. The van der Waals surface area contributed by atoms with Crippen molar-refractivity contribution < 1.29 is 19.0 Å². The second-order valence-corrected chi connectivity index (χ2v) is 9.29. The summed E-state index contributed by atoms with van der Waals surface area (Å²) in [7, 11) is 1.61. The van der Waals surface area contributed by atoms with Crippen LogP contribution in [0.5, 0.6) is 17.2 Å². The monoisotopic (exact) mass is 443 g/mol. The summed E-state index contributed by atoms with van der Waals surface area (Å²) in [5.41, 5.74) is 9.80. The molecule has 2 aromatic rings. The number of nitrogens with two attached hydrogens (primary N) is 1. The minimum absolute atomic E-state index is 0.0303. The first-order valence-corrected chi connectivity index (χ1v) is 10.8. The van der Waals surface area contributed by atoms with Crippen molar-refractivity contribution in [3.63, 3.8) is 0 Å². The van der Waals surface area contributed by atoms with E-state index in [4.69, 9.17) is 19.9 Å². The molecule has 2 aliphatic heterocycles. The molecule has 0 fully saturated rings. The second kappa shape index (κ2) is 7.59. The average molecular weight is 444 g/mol. The van der Waals surface area contributed by atoms with Crippen molar-refractivity contribution in [3.8, 4) is 23.3 Å². The molecule has 0 saturated heterocycles. The summed E-state index contributed by atoms with van der Waals surface area (Å²) in [6.07, 6.45) is 1.06. The zero-order valence-electron chi connectivity index (χ0n) is 18.8. The van der Waals surface area contributed by atoms with E-state index in [1.165, 1.54) is 0 Å². The summed E-state index contributed by atoms with van der Waals surface area (Å²) in [4.78, 5) is 15.4. The van der Waals surface area contributed by atoms with Gasteiger partial charge in [-0.05, 0) is 53.8 Å². The van der Waals surface area contributed by atoms with Crippen LogP contribution in [0.15, 0.2) is 65.1 Å². The van der Waals surface area contributed by atoms with Gasteiger partial charge in [0.15, 0.2) is 17.3 Å². The molecule has 5 rings (SSSR count). The Hall–Kier alpha value is -3.92. The highest BCUT2D eigenvalue weighted by Gasteiger charge is 2.45. The summed E-state index contributed by atoms with van der Waals surface area (Å²) in [6.45, 7) is 4.31. The lowest BCUT2D eigenvalue weighted by Crippen LogP contribution is -2.42. The van der Waals surface area contributed by atoms with E-state index in [2.05, 4.69) is 19.9 Å². The lowest BCUT2D eigenvalue weighted by molar-refractivity contribution is -0.118. The fourth-order valence-corrected chi connectivity index (χ4v) is 4.96. The van der Waals surface area contributed by atoms with Gasteiger partial charge in [0.1, 0.15) is 11.6 Å². The largest absolute Gasteiger partial charge is 0.497 e. The number of ether oxygens (including phenoxy) is 3. The minimum atomic E-state index is -0.558. The number of benzene rings is 2. The molecule has 1 aliphatic carbocycles. The summed E-state index contributed by atoms with van der Waals surface area (Å²) in [5, 5.41) is 10.2. The Morgan fingerprint density at radius 1 is 1.12 bits per heavy atom. The predicted molar refractivity (Wildman–Crippen MR) is 123 cm³/mol. The Bertz CT molecular complexity index is 1250. The van der Waals surface area contributed by atoms with Gasteiger partial charge in [0.25, 0.3) is 0 Å². The molecule has 0 bridgehead atoms. The van der Waals surface area contributed by atoms with E-state index >= 15 is 0 Å². The third-order valence-electron chi connectivity index (χ3n) is 6.44. The standard InChI is InChI=1S/C26H25N3O4/c1-26(2)11-19-24(20(30)12-26)23(15-4-9-21-22(10-15)33-14-32-21)18(13-27)25(28)29(19)16-5-7-17(31-3)8-6-16/h4-10,23H,11-12,14,28H2,1-3H3/t23-/m1/s1. The van der Waals surface area contributed by atoms with Gasteiger partial charge in [-0.25, -0.2) is 0 Å². The molecular formula is C26H25N3O4. The molecule has 2 aromatic carbocycles. The first kappa shape index (κ1) is 21.0. The molecule has 7 nitrogen and oxygen atoms in total. The van der Waals surface area contributed by atoms with Crippen LogP contribution in [0, 0.1) is 16.7 Å². The third-order valence-corrected chi connectivity index (χ3v) is 6.44.